The maximum absolute atomic E-state index is 9.63. The predicted molar refractivity (Wildman–Crippen MR) is 452 cm³/mol. The number of fused-ring (bicyclic) bond motifs is 3. The fourth-order valence-electron chi connectivity index (χ4n) is 11.9. The average Bonchev–Trinajstić information content (AvgIpc) is 1.62. The number of nitriles is 1. The highest BCUT2D eigenvalue weighted by Gasteiger charge is 2.16. The van der Waals surface area contributed by atoms with Crippen LogP contribution in [-0.2, 0) is 38.3 Å². The van der Waals surface area contributed by atoms with Gasteiger partial charge < -0.3 is 48.1 Å². The van der Waals surface area contributed by atoms with E-state index in [1.165, 1.54) is 55.3 Å². The Hall–Kier alpha value is -11.1. The summed E-state index contributed by atoms with van der Waals surface area (Å²) in [5, 5.41) is 22.7. The molecular weight excluding hydrogens is 1480 g/mol. The van der Waals surface area contributed by atoms with Gasteiger partial charge in [-0.1, -0.05) is 178 Å². The van der Waals surface area contributed by atoms with E-state index < -0.39 is 0 Å². The molecule has 11 nitrogen and oxygen atoms in total. The van der Waals surface area contributed by atoms with Crippen LogP contribution in [0.3, 0.4) is 0 Å². The first-order valence-corrected chi connectivity index (χ1v) is 38.7. The van der Waals surface area contributed by atoms with Crippen LogP contribution in [0.5, 0.6) is 34.5 Å². The van der Waals surface area contributed by atoms with Crippen molar-refractivity contribution in [3.8, 4) is 74.3 Å². The number of aliphatic hydroxyl groups excluding tert-OH is 1. The lowest BCUT2D eigenvalue weighted by Gasteiger charge is -2.13. The van der Waals surface area contributed by atoms with Gasteiger partial charge in [0, 0.05) is 56.0 Å². The molecule has 552 valence electrons. The topological polar surface area (TPSA) is 136 Å². The Balaban J connectivity index is 0.000000143. The van der Waals surface area contributed by atoms with Crippen molar-refractivity contribution < 1.29 is 33.5 Å². The van der Waals surface area contributed by atoms with E-state index in [0.29, 0.717) is 62.8 Å². The third-order valence-electron chi connectivity index (χ3n) is 17.6. The molecule has 0 saturated carbocycles. The van der Waals surface area contributed by atoms with Gasteiger partial charge in [0.15, 0.2) is 0 Å². The van der Waals surface area contributed by atoms with E-state index in [-0.39, 0.29) is 6.61 Å². The molecule has 3 aromatic heterocycles. The van der Waals surface area contributed by atoms with Gasteiger partial charge in [0.1, 0.15) is 80.2 Å². The number of hydrogen-bond donors (Lipinski definition) is 3. The smallest absolute Gasteiger partial charge is 0.119 e. The molecule has 0 amide bonds. The van der Waals surface area contributed by atoms with Crippen molar-refractivity contribution in [1.29, 1.82) is 5.26 Å². The van der Waals surface area contributed by atoms with E-state index in [2.05, 4.69) is 172 Å². The van der Waals surface area contributed by atoms with Crippen LogP contribution in [0.2, 0.25) is 0 Å². The molecule has 0 radical (unpaired) electrons. The van der Waals surface area contributed by atoms with Crippen molar-refractivity contribution in [1.82, 2.24) is 14.5 Å². The lowest BCUT2D eigenvalue weighted by molar-refractivity contribution is 0.281. The minimum absolute atomic E-state index is 0.0653. The SMILES string of the molecule is Cc1ccc2[nH]c(-c3ccc(OCc4ccccc4)cc3)c(C#N)c2c1.Cc1ccc2[nH]c(-c3ccc(OCc4ccccc4)cc3)cc2c1.Cc1ccc2c(c1)cc(-c1ccc(OCc3ccccc3)cc1)n2Cc1ccc(OCCCl)cc1.ClCCOc1ccc(CBr)cc1.OCc1ccc(OCCCl)cc1. The normalized spacial score (nSPS) is 10.6. The first kappa shape index (κ1) is 78.9. The van der Waals surface area contributed by atoms with E-state index in [9.17, 15) is 5.26 Å². The lowest BCUT2D eigenvalue weighted by atomic mass is 10.1. The summed E-state index contributed by atoms with van der Waals surface area (Å²) in [6.45, 7) is 10.4. The van der Waals surface area contributed by atoms with Gasteiger partial charge in [0.2, 0.25) is 0 Å². The molecule has 3 heterocycles. The molecule has 0 aliphatic rings. The minimum atomic E-state index is 0.0653. The first-order chi connectivity index (χ1) is 53.4. The molecule has 15 rings (SSSR count). The van der Waals surface area contributed by atoms with E-state index >= 15 is 0 Å². The molecule has 15 heteroatoms. The highest BCUT2D eigenvalue weighted by Crippen LogP contribution is 2.35. The Morgan fingerprint density at radius 2 is 0.789 bits per heavy atom. The maximum atomic E-state index is 9.63. The molecule has 0 aliphatic heterocycles. The zero-order valence-corrected chi connectivity index (χ0v) is 65.0. The summed E-state index contributed by atoms with van der Waals surface area (Å²) < 4.78 is 36.2. The van der Waals surface area contributed by atoms with Crippen LogP contribution in [0.25, 0.3) is 66.5 Å². The first-order valence-electron chi connectivity index (χ1n) is 36.0. The Kier molecular flexibility index (Phi) is 29.9. The highest BCUT2D eigenvalue weighted by molar-refractivity contribution is 9.08. The van der Waals surface area contributed by atoms with Gasteiger partial charge in [-0.15, -0.1) is 34.8 Å². The number of ether oxygens (including phenoxy) is 6. The van der Waals surface area contributed by atoms with Crippen molar-refractivity contribution in [3.05, 3.63) is 359 Å². The van der Waals surface area contributed by atoms with Gasteiger partial charge in [0.05, 0.1) is 35.5 Å². The van der Waals surface area contributed by atoms with E-state index in [1.54, 1.807) is 0 Å². The summed E-state index contributed by atoms with van der Waals surface area (Å²) in [6, 6.07) is 104. The number of aryl methyl sites for hydroxylation is 3. The molecule has 0 aliphatic carbocycles. The predicted octanol–water partition coefficient (Wildman–Crippen LogP) is 24.2. The van der Waals surface area contributed by atoms with Crippen molar-refractivity contribution in [2.75, 3.05) is 37.5 Å². The molecule has 0 spiro atoms. The highest BCUT2D eigenvalue weighted by atomic mass is 79.9. The minimum Gasteiger partial charge on any atom is -0.492 e. The third-order valence-corrected chi connectivity index (χ3v) is 18.7. The van der Waals surface area contributed by atoms with Crippen LogP contribution >= 0.6 is 50.7 Å². The molecule has 0 bridgehead atoms. The fraction of sp³-hybridized carbons (Fsp3) is 0.160. The second-order valence-electron chi connectivity index (χ2n) is 25.7. The number of aromatic nitrogens is 3. The van der Waals surface area contributed by atoms with Gasteiger partial charge in [0.25, 0.3) is 0 Å². The second kappa shape index (κ2) is 41.3. The fourth-order valence-corrected chi connectivity index (χ4v) is 12.6. The summed E-state index contributed by atoms with van der Waals surface area (Å²) in [5.74, 6) is 6.56. The summed E-state index contributed by atoms with van der Waals surface area (Å²) in [4.78, 5) is 6.85. The van der Waals surface area contributed by atoms with E-state index in [4.69, 9.17) is 68.3 Å². The van der Waals surface area contributed by atoms with Gasteiger partial charge in [-0.2, -0.15) is 5.26 Å². The molecule has 109 heavy (non-hydrogen) atoms. The number of benzene rings is 12. The van der Waals surface area contributed by atoms with Crippen LogP contribution in [0.1, 0.15) is 55.6 Å². The number of H-pyrrole nitrogens is 2. The van der Waals surface area contributed by atoms with Crippen LogP contribution < -0.4 is 28.4 Å². The van der Waals surface area contributed by atoms with E-state index in [1.807, 2.05) is 189 Å². The molecule has 3 N–H and O–H groups in total. The molecular formula is C94H86BrCl3N4O7. The van der Waals surface area contributed by atoms with Crippen molar-refractivity contribution in [3.63, 3.8) is 0 Å². The number of nitrogens with zero attached hydrogens (tertiary/aromatic N) is 2. The third kappa shape index (κ3) is 23.4. The molecule has 12 aromatic carbocycles. The Morgan fingerprint density at radius 3 is 1.25 bits per heavy atom. The van der Waals surface area contributed by atoms with E-state index in [0.717, 1.165) is 108 Å². The van der Waals surface area contributed by atoms with Gasteiger partial charge in [-0.25, -0.2) is 0 Å². The Bertz CT molecular complexity index is 5240. The van der Waals surface area contributed by atoms with Crippen molar-refractivity contribution >= 4 is 83.4 Å². The van der Waals surface area contributed by atoms with Gasteiger partial charge in [-0.3, -0.25) is 0 Å². The summed E-state index contributed by atoms with van der Waals surface area (Å²) in [7, 11) is 0. The maximum Gasteiger partial charge on any atom is 0.119 e. The number of halogens is 4. The number of hydrogen-bond acceptors (Lipinski definition) is 8. The van der Waals surface area contributed by atoms with Crippen LogP contribution in [0, 0.1) is 32.1 Å². The number of aromatic amines is 2. The molecule has 0 atom stereocenters. The number of aliphatic hydroxyl groups is 1. The zero-order valence-electron chi connectivity index (χ0n) is 61.2. The van der Waals surface area contributed by atoms with Gasteiger partial charge in [-0.05, 0) is 229 Å². The molecule has 0 unspecified atom stereocenters. The van der Waals surface area contributed by atoms with Crippen LogP contribution in [0.4, 0.5) is 0 Å². The summed E-state index contributed by atoms with van der Waals surface area (Å²) >= 11 is 20.0. The molecule has 15 aromatic rings. The van der Waals surface area contributed by atoms with Crippen LogP contribution in [-0.4, -0.2) is 57.1 Å². The second-order valence-corrected chi connectivity index (χ2v) is 27.4. The Labute approximate surface area is 661 Å². The number of nitrogens with one attached hydrogen (secondary N) is 2. The van der Waals surface area contributed by atoms with Crippen molar-refractivity contribution in [2.24, 2.45) is 0 Å². The van der Waals surface area contributed by atoms with Crippen molar-refractivity contribution in [2.45, 2.75) is 59.1 Å². The average molecular weight is 1570 g/mol. The number of alkyl halides is 4. The van der Waals surface area contributed by atoms with Crippen LogP contribution in [0.15, 0.2) is 303 Å². The Morgan fingerprint density at radius 1 is 0.385 bits per heavy atom. The quantitative estimate of drug-likeness (QED) is 0.0482. The lowest BCUT2D eigenvalue weighted by Crippen LogP contribution is -2.02. The largest absolute Gasteiger partial charge is 0.492 e. The summed E-state index contributed by atoms with van der Waals surface area (Å²) in [6.07, 6.45) is 0. The van der Waals surface area contributed by atoms with Gasteiger partial charge >= 0.3 is 0 Å². The zero-order chi connectivity index (χ0) is 75.9. The molecule has 0 saturated heterocycles. The summed E-state index contributed by atoms with van der Waals surface area (Å²) in [5.41, 5.74) is 21.0. The number of rotatable bonds is 25. The molecule has 0 fully saturated rings. The monoisotopic (exact) mass is 1570 g/mol. The standard InChI is InChI=1S/C31H28ClNO2.C23H18N2O.C22H19NO.C9H10BrClO.C9H11ClO2/c1-23-7-16-30-27(19-23)20-31(33(30)21-24-8-12-28(13-9-24)34-18-17-32)26-10-14-29(15-11-26)35-22-25-5-3-2-4-6-25;1-16-7-12-22-20(13-16)21(14-24)23(25-22)18-8-10-19(11-9-18)26-15-17-5-3-2-4-6-17;1-16-7-12-21-19(13-16)14-22(23-21)18-8-10-20(11-9-18)24-15-17-5-3-2-4-6-17;10-7-8-1-3-9(4-2-8)12-6-5-11;10-5-6-12-9-3-1-8(7-11)2-4-9/h2-16,19-20H,17-18,21-22H2,1H3;2-13,25H,15H2,1H3;2-14,23H,15H2,1H3;1-4H,5-7H2;1-4,11H,5-7H2.